The molecule has 0 bridgehead atoms. The largest absolute Gasteiger partial charge is 0.344 e. The van der Waals surface area contributed by atoms with Crippen molar-refractivity contribution in [1.29, 1.82) is 0 Å². The van der Waals surface area contributed by atoms with Crippen LogP contribution < -0.4 is 10.7 Å². The summed E-state index contributed by atoms with van der Waals surface area (Å²) in [6, 6.07) is 16.2. The molecule has 0 aliphatic carbocycles. The van der Waals surface area contributed by atoms with Crippen molar-refractivity contribution in [3.63, 3.8) is 0 Å². The Kier molecular flexibility index (Phi) is 5.94. The zero-order valence-electron chi connectivity index (χ0n) is 15.0. The molecule has 2 N–H and O–H groups in total. The van der Waals surface area contributed by atoms with E-state index in [-0.39, 0.29) is 18.2 Å². The highest BCUT2D eigenvalue weighted by Gasteiger charge is 2.19. The van der Waals surface area contributed by atoms with Gasteiger partial charge in [-0.1, -0.05) is 43.3 Å². The van der Waals surface area contributed by atoms with Crippen LogP contribution in [0.1, 0.15) is 19.0 Å². The van der Waals surface area contributed by atoms with E-state index in [1.165, 1.54) is 4.79 Å². The monoisotopic (exact) mass is 363 g/mol. The first-order valence-corrected chi connectivity index (χ1v) is 8.77. The standard InChI is InChI=1S/C20H21N5O2/c1-2-17(22-19(26)14-16-10-6-7-12-21-16)20(27)24-25-13-11-18(23-25)15-8-4-3-5-9-15/h3-13,17H,2,14H2,1H3,(H,22,26)(H,24,27). The summed E-state index contributed by atoms with van der Waals surface area (Å²) < 4.78 is 0. The second kappa shape index (κ2) is 8.75. The average molecular weight is 363 g/mol. The number of hydrogen-bond acceptors (Lipinski definition) is 4. The molecule has 2 heterocycles. The van der Waals surface area contributed by atoms with Gasteiger partial charge in [-0.05, 0) is 24.6 Å². The lowest BCUT2D eigenvalue weighted by atomic mass is 10.2. The summed E-state index contributed by atoms with van der Waals surface area (Å²) in [6.45, 7) is 1.84. The minimum Gasteiger partial charge on any atom is -0.344 e. The molecule has 0 fully saturated rings. The molecule has 3 rings (SSSR count). The number of nitrogens with one attached hydrogen (secondary N) is 2. The molecule has 27 heavy (non-hydrogen) atoms. The Balaban J connectivity index is 1.59. The highest BCUT2D eigenvalue weighted by atomic mass is 16.2. The number of carbonyl (C=O) groups is 2. The van der Waals surface area contributed by atoms with Gasteiger partial charge in [-0.3, -0.25) is 14.6 Å². The van der Waals surface area contributed by atoms with Gasteiger partial charge in [0.1, 0.15) is 6.04 Å². The summed E-state index contributed by atoms with van der Waals surface area (Å²) in [5.74, 6) is -0.573. The topological polar surface area (TPSA) is 88.9 Å². The third-order valence-electron chi connectivity index (χ3n) is 4.01. The fourth-order valence-corrected chi connectivity index (χ4v) is 2.61. The molecule has 0 radical (unpaired) electrons. The normalized spacial score (nSPS) is 11.6. The molecule has 1 unspecified atom stereocenters. The maximum absolute atomic E-state index is 12.5. The van der Waals surface area contributed by atoms with Gasteiger partial charge in [-0.15, -0.1) is 0 Å². The van der Waals surface area contributed by atoms with E-state index in [4.69, 9.17) is 0 Å². The Morgan fingerprint density at radius 2 is 1.85 bits per heavy atom. The number of nitrogens with zero attached hydrogens (tertiary/aromatic N) is 3. The maximum atomic E-state index is 12.5. The van der Waals surface area contributed by atoms with E-state index in [1.54, 1.807) is 24.5 Å². The summed E-state index contributed by atoms with van der Waals surface area (Å²) >= 11 is 0. The van der Waals surface area contributed by atoms with Crippen molar-refractivity contribution < 1.29 is 9.59 Å². The minimum absolute atomic E-state index is 0.130. The van der Waals surface area contributed by atoms with E-state index in [9.17, 15) is 9.59 Å². The number of carbonyl (C=O) groups excluding carboxylic acids is 2. The lowest BCUT2D eigenvalue weighted by Crippen LogP contribution is -2.46. The smallest absolute Gasteiger partial charge is 0.262 e. The van der Waals surface area contributed by atoms with Gasteiger partial charge in [-0.2, -0.15) is 9.89 Å². The van der Waals surface area contributed by atoms with E-state index < -0.39 is 6.04 Å². The van der Waals surface area contributed by atoms with E-state index in [2.05, 4.69) is 20.8 Å². The Labute approximate surface area is 157 Å². The highest BCUT2D eigenvalue weighted by Crippen LogP contribution is 2.15. The van der Waals surface area contributed by atoms with Gasteiger partial charge in [0.05, 0.1) is 12.1 Å². The number of benzene rings is 1. The molecule has 0 saturated carbocycles. The van der Waals surface area contributed by atoms with Crippen molar-refractivity contribution in [2.45, 2.75) is 25.8 Å². The van der Waals surface area contributed by atoms with Crippen LogP contribution in [0.3, 0.4) is 0 Å². The Morgan fingerprint density at radius 3 is 2.56 bits per heavy atom. The van der Waals surface area contributed by atoms with Crippen LogP contribution in [0.25, 0.3) is 11.3 Å². The number of aromatic nitrogens is 3. The highest BCUT2D eigenvalue weighted by molar-refractivity contribution is 5.92. The Morgan fingerprint density at radius 1 is 1.07 bits per heavy atom. The molecule has 0 spiro atoms. The van der Waals surface area contributed by atoms with Crippen LogP contribution >= 0.6 is 0 Å². The Bertz CT molecular complexity index is 893. The van der Waals surface area contributed by atoms with Crippen LogP contribution in [0.5, 0.6) is 0 Å². The van der Waals surface area contributed by atoms with Crippen LogP contribution in [-0.4, -0.2) is 32.7 Å². The first-order chi connectivity index (χ1) is 13.2. The summed E-state index contributed by atoms with van der Waals surface area (Å²) in [4.78, 5) is 30.1. The fourth-order valence-electron chi connectivity index (χ4n) is 2.61. The molecule has 1 atom stereocenters. The Hall–Kier alpha value is -3.48. The molecule has 0 aliphatic rings. The molecule has 0 aliphatic heterocycles. The third-order valence-corrected chi connectivity index (χ3v) is 4.01. The molecule has 138 valence electrons. The zero-order valence-corrected chi connectivity index (χ0v) is 15.0. The predicted molar refractivity (Wildman–Crippen MR) is 102 cm³/mol. The first-order valence-electron chi connectivity index (χ1n) is 8.77. The molecule has 7 nitrogen and oxygen atoms in total. The number of rotatable bonds is 7. The second-order valence-corrected chi connectivity index (χ2v) is 6.01. The summed E-state index contributed by atoms with van der Waals surface area (Å²) in [7, 11) is 0. The number of pyridine rings is 1. The molecular weight excluding hydrogens is 342 g/mol. The van der Waals surface area contributed by atoms with Crippen LogP contribution in [0.2, 0.25) is 0 Å². The van der Waals surface area contributed by atoms with Gasteiger partial charge in [-0.25, -0.2) is 5.43 Å². The molecule has 2 amide bonds. The van der Waals surface area contributed by atoms with Gasteiger partial charge < -0.3 is 5.32 Å². The summed E-state index contributed by atoms with van der Waals surface area (Å²) in [6.07, 6.45) is 3.90. The van der Waals surface area contributed by atoms with Crippen molar-refractivity contribution in [2.24, 2.45) is 0 Å². The fraction of sp³-hybridized carbons (Fsp3) is 0.200. The van der Waals surface area contributed by atoms with Gasteiger partial charge in [0.15, 0.2) is 0 Å². The SMILES string of the molecule is CCC(NC(=O)Cc1ccccn1)C(=O)Nn1ccc(-c2ccccc2)n1. The van der Waals surface area contributed by atoms with Crippen LogP contribution in [0.4, 0.5) is 0 Å². The molecule has 1 aromatic carbocycles. The van der Waals surface area contributed by atoms with Crippen molar-refractivity contribution in [3.05, 3.63) is 72.7 Å². The quantitative estimate of drug-likeness (QED) is 0.673. The zero-order chi connectivity index (χ0) is 19.1. The van der Waals surface area contributed by atoms with Crippen molar-refractivity contribution in [3.8, 4) is 11.3 Å². The molecule has 2 aromatic heterocycles. The lowest BCUT2D eigenvalue weighted by Gasteiger charge is -2.16. The van der Waals surface area contributed by atoms with E-state index in [1.807, 2.05) is 49.4 Å². The molecule has 0 saturated heterocycles. The van der Waals surface area contributed by atoms with E-state index >= 15 is 0 Å². The van der Waals surface area contributed by atoms with Crippen LogP contribution in [0, 0.1) is 0 Å². The molecule has 3 aromatic rings. The van der Waals surface area contributed by atoms with Gasteiger partial charge in [0.25, 0.3) is 5.91 Å². The number of hydrogen-bond donors (Lipinski definition) is 2. The summed E-state index contributed by atoms with van der Waals surface area (Å²) in [5, 5.41) is 7.09. The van der Waals surface area contributed by atoms with E-state index in [0.29, 0.717) is 12.1 Å². The van der Waals surface area contributed by atoms with Crippen molar-refractivity contribution in [2.75, 3.05) is 5.43 Å². The molecular formula is C20H21N5O2. The van der Waals surface area contributed by atoms with Crippen molar-refractivity contribution >= 4 is 11.8 Å². The predicted octanol–water partition coefficient (Wildman–Crippen LogP) is 2.15. The van der Waals surface area contributed by atoms with Crippen LogP contribution in [-0.2, 0) is 16.0 Å². The lowest BCUT2D eigenvalue weighted by molar-refractivity contribution is -0.126. The van der Waals surface area contributed by atoms with Gasteiger partial charge in [0.2, 0.25) is 5.91 Å². The van der Waals surface area contributed by atoms with E-state index in [0.717, 1.165) is 11.3 Å². The minimum atomic E-state index is -0.648. The van der Waals surface area contributed by atoms with Crippen LogP contribution in [0.15, 0.2) is 67.0 Å². The average Bonchev–Trinajstić information content (AvgIpc) is 3.16. The van der Waals surface area contributed by atoms with Crippen molar-refractivity contribution in [1.82, 2.24) is 20.2 Å². The third kappa shape index (κ3) is 5.01. The van der Waals surface area contributed by atoms with Gasteiger partial charge in [0, 0.05) is 23.7 Å². The summed E-state index contributed by atoms with van der Waals surface area (Å²) in [5.41, 5.74) is 5.06. The van der Waals surface area contributed by atoms with Gasteiger partial charge >= 0.3 is 0 Å². The second-order valence-electron chi connectivity index (χ2n) is 6.01. The number of amides is 2. The molecule has 7 heteroatoms. The first kappa shape index (κ1) is 18.3. The maximum Gasteiger partial charge on any atom is 0.262 e.